The van der Waals surface area contributed by atoms with Gasteiger partial charge in [-0.2, -0.15) is 0 Å². The third-order valence-corrected chi connectivity index (χ3v) is 8.53. The molecule has 0 bridgehead atoms. The summed E-state index contributed by atoms with van der Waals surface area (Å²) in [7, 11) is 0. The fraction of sp³-hybridized carbons (Fsp3) is 0.618. The molecule has 0 spiro atoms. The van der Waals surface area contributed by atoms with Crippen LogP contribution in [0.3, 0.4) is 0 Å². The lowest BCUT2D eigenvalue weighted by Crippen LogP contribution is -2.66. The number of carboxylic acid groups (broad SMARTS) is 1. The Morgan fingerprint density at radius 3 is 1.85 bits per heavy atom. The molecule has 2 rings (SSSR count). The van der Waals surface area contributed by atoms with Crippen LogP contribution in [0.1, 0.15) is 66.1 Å². The first kappa shape index (κ1) is 44.3. The van der Waals surface area contributed by atoms with E-state index in [-0.39, 0.29) is 36.8 Å². The van der Waals surface area contributed by atoms with Crippen LogP contribution < -0.4 is 43.4 Å². The largest absolute Gasteiger partial charge is 0.480 e. The fourth-order valence-electron chi connectivity index (χ4n) is 5.46. The molecular weight excluding hydrogens is 694 g/mol. The molecule has 1 heterocycles. The van der Waals surface area contributed by atoms with E-state index in [1.807, 2.05) is 0 Å². The lowest BCUT2D eigenvalue weighted by molar-refractivity contribution is -0.145. The van der Waals surface area contributed by atoms with Crippen LogP contribution in [-0.2, 0) is 28.8 Å². The van der Waals surface area contributed by atoms with E-state index in [1.54, 1.807) is 45.9 Å². The van der Waals surface area contributed by atoms with Gasteiger partial charge in [0.2, 0.25) is 29.5 Å². The molecule has 19 nitrogen and oxygen atoms in total. The van der Waals surface area contributed by atoms with Crippen molar-refractivity contribution in [1.82, 2.24) is 31.9 Å². The van der Waals surface area contributed by atoms with E-state index < -0.39 is 102 Å². The van der Waals surface area contributed by atoms with Crippen molar-refractivity contribution in [1.29, 1.82) is 0 Å². The quantitative estimate of drug-likeness (QED) is 0.0660. The Labute approximate surface area is 308 Å². The summed E-state index contributed by atoms with van der Waals surface area (Å²) in [5.41, 5.74) is 11.9. The number of benzene rings is 1. The molecule has 1 aromatic carbocycles. The van der Waals surface area contributed by atoms with E-state index in [0.717, 1.165) is 0 Å². The Kier molecular flexibility index (Phi) is 17.1. The number of hydrogen-bond acceptors (Lipinski definition) is 13. The lowest BCUT2D eigenvalue weighted by atomic mass is 9.97. The van der Waals surface area contributed by atoms with Crippen LogP contribution in [0.25, 0.3) is 0 Å². The summed E-state index contributed by atoms with van der Waals surface area (Å²) in [6.07, 6.45) is -4.09. The number of hydrogen-bond donors (Lipinski definition) is 12. The highest BCUT2D eigenvalue weighted by Gasteiger charge is 2.39. The van der Waals surface area contributed by atoms with Gasteiger partial charge in [-0.05, 0) is 44.1 Å². The number of carbonyl (C=O) groups is 6. The van der Waals surface area contributed by atoms with Crippen LogP contribution >= 0.6 is 0 Å². The Bertz CT molecular complexity index is 1460. The van der Waals surface area contributed by atoms with Gasteiger partial charge in [0.1, 0.15) is 36.3 Å². The van der Waals surface area contributed by atoms with E-state index in [1.165, 1.54) is 26.0 Å². The molecule has 5 amide bonds. The normalized spacial score (nSPS) is 19.4. The minimum Gasteiger partial charge on any atom is -0.480 e. The van der Waals surface area contributed by atoms with Gasteiger partial charge in [-0.3, -0.25) is 29.0 Å². The van der Waals surface area contributed by atoms with Gasteiger partial charge in [0.25, 0.3) is 0 Å². The molecule has 1 aromatic rings. The molecule has 0 saturated carbocycles. The summed E-state index contributed by atoms with van der Waals surface area (Å²) in [5, 5.41) is 55.6. The van der Waals surface area contributed by atoms with Gasteiger partial charge in [0.05, 0.1) is 18.2 Å². The van der Waals surface area contributed by atoms with Crippen LogP contribution in [0, 0.1) is 11.8 Å². The predicted molar refractivity (Wildman–Crippen MR) is 192 cm³/mol. The molecular formula is C34H55N9O10. The molecule has 296 valence electrons. The van der Waals surface area contributed by atoms with E-state index >= 15 is 0 Å². The number of nitrogens with zero attached hydrogens (tertiary/aromatic N) is 1. The number of guanidine groups is 1. The Hall–Kier alpha value is -4.85. The maximum Gasteiger partial charge on any atom is 0.328 e. The van der Waals surface area contributed by atoms with E-state index in [0.29, 0.717) is 0 Å². The molecule has 0 fully saturated rings. The summed E-state index contributed by atoms with van der Waals surface area (Å²) in [4.78, 5) is 83.4. The maximum absolute atomic E-state index is 13.8. The molecule has 19 heteroatoms. The summed E-state index contributed by atoms with van der Waals surface area (Å²) in [6.45, 7) is 9.46. The number of carbonyl (C=O) groups excluding carboxylic acids is 5. The first-order valence-electron chi connectivity index (χ1n) is 17.4. The molecule has 0 radical (unpaired) electrons. The first-order chi connectivity index (χ1) is 24.7. The number of carboxylic acids is 1. The number of aliphatic imine (C=N–C) groups is 1. The fourth-order valence-corrected chi connectivity index (χ4v) is 5.46. The van der Waals surface area contributed by atoms with Gasteiger partial charge in [-0.25, -0.2) is 4.79 Å². The highest BCUT2D eigenvalue weighted by atomic mass is 16.4. The zero-order valence-electron chi connectivity index (χ0n) is 30.8. The van der Waals surface area contributed by atoms with Gasteiger partial charge in [-0.1, -0.05) is 58.0 Å². The summed E-state index contributed by atoms with van der Waals surface area (Å²) < 4.78 is 0. The topological polar surface area (TPSA) is 320 Å². The Morgan fingerprint density at radius 2 is 1.34 bits per heavy atom. The highest BCUT2D eigenvalue weighted by molar-refractivity contribution is 5.97. The molecule has 10 atom stereocenters. The second-order valence-corrected chi connectivity index (χ2v) is 13.9. The van der Waals surface area contributed by atoms with Crippen molar-refractivity contribution in [3.8, 4) is 0 Å². The zero-order chi connectivity index (χ0) is 40.2. The van der Waals surface area contributed by atoms with Crippen LogP contribution in [0.2, 0.25) is 0 Å². The third-order valence-electron chi connectivity index (χ3n) is 8.53. The molecule has 1 aliphatic rings. The SMILES string of the molecule is CC(C)C[C@@H](NC(=O)[C@@H](NC(=O)[C@H](N)[C@@H](C)O)[C@H](O)c1ccccc1)C(=O)N[C@H](C(=O)N[C@@H](C(=O)N[C@H](C(=O)O)[C@@H](C)O)[C@@H]1CCN=C(N)N1)C(C)C. The maximum atomic E-state index is 13.8. The van der Waals surface area contributed by atoms with Gasteiger partial charge >= 0.3 is 5.97 Å². The average Bonchev–Trinajstić information content (AvgIpc) is 3.08. The number of aliphatic hydroxyl groups is 3. The zero-order valence-corrected chi connectivity index (χ0v) is 30.8. The number of nitrogens with one attached hydrogen (secondary N) is 6. The van der Waals surface area contributed by atoms with E-state index in [9.17, 15) is 49.2 Å². The highest BCUT2D eigenvalue weighted by Crippen LogP contribution is 2.18. The minimum absolute atomic E-state index is 0.0145. The van der Waals surface area contributed by atoms with Gasteiger partial charge in [0.15, 0.2) is 12.0 Å². The van der Waals surface area contributed by atoms with Crippen molar-refractivity contribution < 1.29 is 49.2 Å². The minimum atomic E-state index is -1.70. The van der Waals surface area contributed by atoms with Crippen LogP contribution in [-0.4, -0.2) is 123 Å². The predicted octanol–water partition coefficient (Wildman–Crippen LogP) is -3.30. The van der Waals surface area contributed by atoms with Crippen LogP contribution in [0.5, 0.6) is 0 Å². The number of aliphatic hydroxyl groups excluding tert-OH is 3. The van der Waals surface area contributed by atoms with Crippen LogP contribution in [0.4, 0.5) is 0 Å². The second-order valence-electron chi connectivity index (χ2n) is 13.9. The van der Waals surface area contributed by atoms with Crippen molar-refractivity contribution in [3.63, 3.8) is 0 Å². The molecule has 53 heavy (non-hydrogen) atoms. The Morgan fingerprint density at radius 1 is 0.774 bits per heavy atom. The molecule has 1 aliphatic heterocycles. The van der Waals surface area contributed by atoms with Crippen molar-refractivity contribution in [3.05, 3.63) is 35.9 Å². The van der Waals surface area contributed by atoms with Crippen molar-refractivity contribution >= 4 is 41.5 Å². The number of rotatable bonds is 19. The molecule has 14 N–H and O–H groups in total. The monoisotopic (exact) mass is 749 g/mol. The van der Waals surface area contributed by atoms with Crippen molar-refractivity contribution in [2.45, 2.75) is 115 Å². The number of nitrogens with two attached hydrogens (primary N) is 2. The van der Waals surface area contributed by atoms with E-state index in [2.05, 4.69) is 36.9 Å². The second kappa shape index (κ2) is 20.4. The molecule has 0 unspecified atom stereocenters. The smallest absolute Gasteiger partial charge is 0.328 e. The number of aliphatic carboxylic acids is 1. The van der Waals surface area contributed by atoms with Gasteiger partial charge in [0, 0.05) is 6.54 Å². The molecule has 0 saturated heterocycles. The first-order valence-corrected chi connectivity index (χ1v) is 17.4. The average molecular weight is 750 g/mol. The lowest BCUT2D eigenvalue weighted by Gasteiger charge is -2.33. The number of amides is 5. The third kappa shape index (κ3) is 13.3. The summed E-state index contributed by atoms with van der Waals surface area (Å²) in [5.74, 6) is -6.74. The summed E-state index contributed by atoms with van der Waals surface area (Å²) >= 11 is 0. The summed E-state index contributed by atoms with van der Waals surface area (Å²) in [6, 6.07) is -1.69. The van der Waals surface area contributed by atoms with Gasteiger partial charge < -0.3 is 63.8 Å². The van der Waals surface area contributed by atoms with Crippen molar-refractivity contribution in [2.75, 3.05) is 6.54 Å². The van der Waals surface area contributed by atoms with Crippen molar-refractivity contribution in [2.24, 2.45) is 28.3 Å². The van der Waals surface area contributed by atoms with Gasteiger partial charge in [-0.15, -0.1) is 0 Å². The Balaban J connectivity index is 2.38. The molecule has 0 aliphatic carbocycles. The van der Waals surface area contributed by atoms with Crippen LogP contribution in [0.15, 0.2) is 35.3 Å². The molecule has 0 aromatic heterocycles. The van der Waals surface area contributed by atoms with E-state index in [4.69, 9.17) is 11.5 Å². The standard InChI is InChI=1S/C34H55N9O10/c1-15(2)14-21(38-32(51)26(43-29(48)22(35)17(5)44)27(46)19-10-8-7-9-11-19)28(47)40-23(16(3)4)30(49)42-25(20-12-13-37-34(36)39-20)31(50)41-24(18(6)45)33(52)53/h7-11,15-18,20-27,44-46H,12-14,35H2,1-6H3,(H,38,51)(H,40,47)(H,41,50)(H,42,49)(H,43,48)(H,52,53)(H3,36,37,39)/t17-,18-,20+,21-,22-,23+,24+,25-,26+,27-/m1/s1.